The minimum absolute atomic E-state index is 0.0528. The summed E-state index contributed by atoms with van der Waals surface area (Å²) in [6.45, 7) is 7.37. The standard InChI is InChI=1S/C25H25N3O5/c1-15-6-5-7-20(10-15)32-18(4)25(30)27-21-11-16(2)8-9-22(21)31-14-19-13-24(29)28-23(26-19)12-17(3)33-28/h5-13,18H,14H2,1-4H3,(H,27,30)/t18-/m1/s1. The van der Waals surface area contributed by atoms with Crippen LogP contribution in [-0.4, -0.2) is 21.6 Å². The quantitative estimate of drug-likeness (QED) is 0.456. The number of hydrogen-bond acceptors (Lipinski definition) is 6. The first-order valence-electron chi connectivity index (χ1n) is 10.6. The maximum atomic E-state index is 12.8. The zero-order valence-electron chi connectivity index (χ0n) is 18.9. The van der Waals surface area contributed by atoms with E-state index in [4.69, 9.17) is 14.0 Å². The molecule has 0 aliphatic heterocycles. The summed E-state index contributed by atoms with van der Waals surface area (Å²) in [4.78, 5) is 29.4. The minimum atomic E-state index is -0.714. The number of carbonyl (C=O) groups excluding carboxylic acids is 1. The molecule has 0 saturated carbocycles. The van der Waals surface area contributed by atoms with Crippen LogP contribution in [0.4, 0.5) is 5.69 Å². The van der Waals surface area contributed by atoms with Crippen molar-refractivity contribution in [2.45, 2.75) is 40.4 Å². The summed E-state index contributed by atoms with van der Waals surface area (Å²) in [6, 6.07) is 16.0. The van der Waals surface area contributed by atoms with Crippen molar-refractivity contribution >= 4 is 17.2 Å². The number of rotatable bonds is 7. The lowest BCUT2D eigenvalue weighted by molar-refractivity contribution is -0.122. The van der Waals surface area contributed by atoms with Gasteiger partial charge in [0, 0.05) is 12.1 Å². The van der Waals surface area contributed by atoms with Gasteiger partial charge in [-0.2, -0.15) is 0 Å². The fourth-order valence-electron chi connectivity index (χ4n) is 3.35. The zero-order chi connectivity index (χ0) is 23.5. The molecule has 0 spiro atoms. The highest BCUT2D eigenvalue weighted by atomic mass is 16.5. The summed E-state index contributed by atoms with van der Waals surface area (Å²) in [5, 5.41) is 2.88. The van der Waals surface area contributed by atoms with Crippen LogP contribution in [0.3, 0.4) is 0 Å². The number of carbonyl (C=O) groups is 1. The Morgan fingerprint density at radius 3 is 2.67 bits per heavy atom. The molecule has 0 saturated heterocycles. The number of nitrogens with one attached hydrogen (secondary N) is 1. The van der Waals surface area contributed by atoms with E-state index < -0.39 is 6.10 Å². The molecule has 1 atom stereocenters. The molecule has 2 aromatic heterocycles. The van der Waals surface area contributed by atoms with Crippen LogP contribution in [0, 0.1) is 20.8 Å². The van der Waals surface area contributed by atoms with E-state index in [1.807, 2.05) is 50.2 Å². The van der Waals surface area contributed by atoms with Crippen LogP contribution < -0.4 is 20.3 Å². The van der Waals surface area contributed by atoms with Gasteiger partial charge in [-0.15, -0.1) is 4.57 Å². The lowest BCUT2D eigenvalue weighted by Gasteiger charge is -2.17. The van der Waals surface area contributed by atoms with Gasteiger partial charge in [-0.25, -0.2) is 4.98 Å². The van der Waals surface area contributed by atoms with E-state index in [-0.39, 0.29) is 18.1 Å². The number of nitrogens with zero attached hydrogens (tertiary/aromatic N) is 2. The number of aryl methyl sites for hydroxylation is 3. The van der Waals surface area contributed by atoms with Crippen LogP contribution in [0.25, 0.3) is 5.65 Å². The monoisotopic (exact) mass is 447 g/mol. The molecule has 170 valence electrons. The van der Waals surface area contributed by atoms with E-state index in [1.54, 1.807) is 26.0 Å². The van der Waals surface area contributed by atoms with Gasteiger partial charge in [-0.1, -0.05) is 18.2 Å². The summed E-state index contributed by atoms with van der Waals surface area (Å²) in [5.41, 5.74) is 3.05. The zero-order valence-corrected chi connectivity index (χ0v) is 18.9. The summed E-state index contributed by atoms with van der Waals surface area (Å²) < 4.78 is 18.1. The van der Waals surface area contributed by atoms with Crippen molar-refractivity contribution in [3.63, 3.8) is 0 Å². The molecule has 8 heteroatoms. The Kier molecular flexibility index (Phi) is 6.17. The number of anilines is 1. The highest BCUT2D eigenvalue weighted by Crippen LogP contribution is 2.27. The molecule has 2 aromatic carbocycles. The van der Waals surface area contributed by atoms with Crippen LogP contribution in [0.5, 0.6) is 11.5 Å². The fourth-order valence-corrected chi connectivity index (χ4v) is 3.35. The Morgan fingerprint density at radius 1 is 1.09 bits per heavy atom. The molecule has 0 radical (unpaired) electrons. The molecule has 1 amide bonds. The lowest BCUT2D eigenvalue weighted by atomic mass is 10.2. The first-order chi connectivity index (χ1) is 15.8. The second-order valence-corrected chi connectivity index (χ2v) is 7.94. The van der Waals surface area contributed by atoms with Crippen LogP contribution in [0.1, 0.15) is 29.5 Å². The molecule has 0 fully saturated rings. The van der Waals surface area contributed by atoms with Gasteiger partial charge in [0.2, 0.25) is 0 Å². The summed E-state index contributed by atoms with van der Waals surface area (Å²) in [7, 11) is 0. The first-order valence-corrected chi connectivity index (χ1v) is 10.6. The lowest BCUT2D eigenvalue weighted by Crippen LogP contribution is -2.30. The van der Waals surface area contributed by atoms with Gasteiger partial charge in [0.15, 0.2) is 11.8 Å². The number of ether oxygens (including phenoxy) is 2. The van der Waals surface area contributed by atoms with E-state index >= 15 is 0 Å². The van der Waals surface area contributed by atoms with E-state index in [9.17, 15) is 9.59 Å². The molecule has 4 rings (SSSR count). The molecule has 8 nitrogen and oxygen atoms in total. The third-order valence-electron chi connectivity index (χ3n) is 4.96. The second kappa shape index (κ2) is 9.20. The summed E-state index contributed by atoms with van der Waals surface area (Å²) in [6.07, 6.45) is -0.714. The maximum Gasteiger partial charge on any atom is 0.287 e. The van der Waals surface area contributed by atoms with Crippen molar-refractivity contribution in [2.24, 2.45) is 0 Å². The number of hydrogen-bond donors (Lipinski definition) is 1. The smallest absolute Gasteiger partial charge is 0.287 e. The average Bonchev–Trinajstić information content (AvgIpc) is 3.14. The van der Waals surface area contributed by atoms with E-state index in [1.165, 1.54) is 6.07 Å². The summed E-state index contributed by atoms with van der Waals surface area (Å²) in [5.74, 6) is 1.37. The van der Waals surface area contributed by atoms with Crippen LogP contribution in [0.15, 0.2) is 63.9 Å². The Labute approximate surface area is 190 Å². The van der Waals surface area contributed by atoms with Gasteiger partial charge in [0.1, 0.15) is 23.9 Å². The first kappa shape index (κ1) is 22.1. The van der Waals surface area contributed by atoms with Crippen molar-refractivity contribution in [2.75, 3.05) is 5.32 Å². The average molecular weight is 447 g/mol. The molecule has 4 aromatic rings. The topological polar surface area (TPSA) is 95.1 Å². The van der Waals surface area contributed by atoms with Gasteiger partial charge < -0.3 is 19.3 Å². The van der Waals surface area contributed by atoms with Gasteiger partial charge in [0.25, 0.3) is 11.5 Å². The largest absolute Gasteiger partial charge is 0.485 e. The molecule has 0 unspecified atom stereocenters. The van der Waals surface area contributed by atoms with E-state index in [2.05, 4.69) is 10.3 Å². The molecular weight excluding hydrogens is 422 g/mol. The molecule has 1 N–H and O–H groups in total. The van der Waals surface area contributed by atoms with Crippen molar-refractivity contribution in [1.82, 2.24) is 9.56 Å². The molecular formula is C25H25N3O5. The number of amides is 1. The normalized spacial score (nSPS) is 11.9. The number of aromatic nitrogens is 2. The Balaban J connectivity index is 1.48. The molecule has 0 aliphatic rings. The highest BCUT2D eigenvalue weighted by molar-refractivity contribution is 5.95. The molecule has 33 heavy (non-hydrogen) atoms. The third-order valence-corrected chi connectivity index (χ3v) is 4.96. The molecule has 2 heterocycles. The maximum absolute atomic E-state index is 12.8. The van der Waals surface area contributed by atoms with Crippen molar-refractivity contribution in [1.29, 1.82) is 0 Å². The SMILES string of the molecule is Cc1cccc(O[C@H](C)C(=O)Nc2cc(C)ccc2OCc2cc(=O)n3oc(C)cc3n2)c1. The second-order valence-electron chi connectivity index (χ2n) is 7.94. The summed E-state index contributed by atoms with van der Waals surface area (Å²) >= 11 is 0. The third kappa shape index (κ3) is 5.23. The van der Waals surface area contributed by atoms with Crippen molar-refractivity contribution in [3.8, 4) is 11.5 Å². The van der Waals surface area contributed by atoms with Crippen LogP contribution in [0.2, 0.25) is 0 Å². The molecule has 0 bridgehead atoms. The Hall–Kier alpha value is -4.07. The number of fused-ring (bicyclic) bond motifs is 1. The Bertz CT molecular complexity index is 1370. The Morgan fingerprint density at radius 2 is 1.88 bits per heavy atom. The highest BCUT2D eigenvalue weighted by Gasteiger charge is 2.17. The van der Waals surface area contributed by atoms with Gasteiger partial charge in [-0.05, 0) is 63.1 Å². The predicted molar refractivity (Wildman–Crippen MR) is 124 cm³/mol. The van der Waals surface area contributed by atoms with E-state index in [0.29, 0.717) is 34.3 Å². The number of benzene rings is 2. The molecule has 0 aliphatic carbocycles. The van der Waals surface area contributed by atoms with Gasteiger partial charge in [-0.3, -0.25) is 9.59 Å². The van der Waals surface area contributed by atoms with Crippen LogP contribution in [-0.2, 0) is 11.4 Å². The predicted octanol–water partition coefficient (Wildman–Crippen LogP) is 4.20. The fraction of sp³-hybridized carbons (Fsp3) is 0.240. The van der Waals surface area contributed by atoms with Crippen molar-refractivity contribution < 1.29 is 18.8 Å². The minimum Gasteiger partial charge on any atom is -0.485 e. The van der Waals surface area contributed by atoms with E-state index in [0.717, 1.165) is 15.7 Å². The van der Waals surface area contributed by atoms with Gasteiger partial charge >= 0.3 is 0 Å². The van der Waals surface area contributed by atoms with Gasteiger partial charge in [0.05, 0.1) is 11.4 Å². The van der Waals surface area contributed by atoms with Crippen molar-refractivity contribution in [3.05, 3.63) is 87.5 Å². The van der Waals surface area contributed by atoms with Crippen LogP contribution >= 0.6 is 0 Å².